The van der Waals surface area contributed by atoms with Crippen LogP contribution in [-0.2, 0) is 0 Å². The molecule has 2 unspecified atom stereocenters. The number of carbonyl (C=O) groups is 1. The van der Waals surface area contributed by atoms with Gasteiger partial charge in [-0.05, 0) is 43.4 Å². The van der Waals surface area contributed by atoms with E-state index in [2.05, 4.69) is 20.8 Å². The first kappa shape index (κ1) is 13.0. The highest BCUT2D eigenvalue weighted by Gasteiger charge is 2.35. The van der Waals surface area contributed by atoms with Crippen LogP contribution in [0.4, 0.5) is 5.69 Å². The predicted octanol–water partition coefficient (Wildman–Crippen LogP) is 3.92. The zero-order valence-corrected chi connectivity index (χ0v) is 12.4. The third-order valence-corrected chi connectivity index (χ3v) is 4.93. The molecule has 102 valence electrons. The molecule has 0 aromatic heterocycles. The Bertz CT molecular complexity index is 503. The Labute approximate surface area is 121 Å². The number of benzene rings is 1. The van der Waals surface area contributed by atoms with Crippen molar-refractivity contribution in [1.82, 2.24) is 0 Å². The van der Waals surface area contributed by atoms with Crippen molar-refractivity contribution in [2.75, 3.05) is 11.4 Å². The lowest BCUT2D eigenvalue weighted by atomic mass is 9.85. The number of carboxylic acid groups (broad SMARTS) is 1. The molecule has 2 fully saturated rings. The molecule has 2 atom stereocenters. The highest BCUT2D eigenvalue weighted by atomic mass is 79.9. The van der Waals surface area contributed by atoms with Gasteiger partial charge in [0, 0.05) is 22.7 Å². The first-order valence-electron chi connectivity index (χ1n) is 6.95. The lowest BCUT2D eigenvalue weighted by molar-refractivity contribution is 0.0697. The first-order valence-corrected chi connectivity index (χ1v) is 7.75. The molecule has 1 N–H and O–H groups in total. The Balaban J connectivity index is 1.91. The van der Waals surface area contributed by atoms with Crippen LogP contribution in [0.3, 0.4) is 0 Å². The van der Waals surface area contributed by atoms with Crippen LogP contribution < -0.4 is 4.90 Å². The summed E-state index contributed by atoms with van der Waals surface area (Å²) in [6.45, 7) is 1.06. The highest BCUT2D eigenvalue weighted by molar-refractivity contribution is 9.10. The van der Waals surface area contributed by atoms with E-state index in [9.17, 15) is 4.79 Å². The van der Waals surface area contributed by atoms with Gasteiger partial charge in [-0.2, -0.15) is 0 Å². The normalized spacial score (nSPS) is 26.3. The third kappa shape index (κ3) is 2.50. The van der Waals surface area contributed by atoms with E-state index in [0.29, 0.717) is 11.6 Å². The maximum atomic E-state index is 11.2. The molecular formula is C15H18BrNO2. The zero-order valence-electron chi connectivity index (χ0n) is 10.8. The van der Waals surface area contributed by atoms with Crippen LogP contribution in [0.2, 0.25) is 0 Å². The van der Waals surface area contributed by atoms with Crippen molar-refractivity contribution in [2.45, 2.75) is 38.1 Å². The largest absolute Gasteiger partial charge is 0.478 e. The van der Waals surface area contributed by atoms with Gasteiger partial charge >= 0.3 is 5.97 Å². The average molecular weight is 324 g/mol. The molecule has 19 heavy (non-hydrogen) atoms. The van der Waals surface area contributed by atoms with Crippen LogP contribution >= 0.6 is 15.9 Å². The second-order valence-corrected chi connectivity index (χ2v) is 6.51. The SMILES string of the molecule is O=C(O)c1cc(Br)cc(N2CCC3CCCCC32)c1. The Morgan fingerprint density at radius 2 is 2.00 bits per heavy atom. The number of hydrogen-bond donors (Lipinski definition) is 1. The number of nitrogens with zero attached hydrogens (tertiary/aromatic N) is 1. The molecule has 1 aliphatic heterocycles. The molecule has 3 nitrogen and oxygen atoms in total. The molecular weight excluding hydrogens is 306 g/mol. The molecule has 1 saturated carbocycles. The van der Waals surface area contributed by atoms with Gasteiger partial charge in [-0.1, -0.05) is 28.8 Å². The van der Waals surface area contributed by atoms with Crippen LogP contribution in [-0.4, -0.2) is 23.7 Å². The molecule has 0 radical (unpaired) electrons. The van der Waals surface area contributed by atoms with Gasteiger partial charge in [-0.25, -0.2) is 4.79 Å². The molecule has 1 aromatic rings. The fourth-order valence-electron chi connectivity index (χ4n) is 3.59. The fraction of sp³-hybridized carbons (Fsp3) is 0.533. The molecule has 0 spiro atoms. The van der Waals surface area contributed by atoms with E-state index in [1.54, 1.807) is 6.07 Å². The number of hydrogen-bond acceptors (Lipinski definition) is 2. The summed E-state index contributed by atoms with van der Waals surface area (Å²) in [5.41, 5.74) is 1.42. The quantitative estimate of drug-likeness (QED) is 0.896. The standard InChI is InChI=1S/C15H18BrNO2/c16-12-7-11(15(18)19)8-13(9-12)17-6-5-10-3-1-2-4-14(10)17/h7-10,14H,1-6H2,(H,18,19). The zero-order chi connectivity index (χ0) is 13.4. The monoisotopic (exact) mass is 323 g/mol. The summed E-state index contributed by atoms with van der Waals surface area (Å²) >= 11 is 3.43. The smallest absolute Gasteiger partial charge is 0.335 e. The topological polar surface area (TPSA) is 40.5 Å². The third-order valence-electron chi connectivity index (χ3n) is 4.47. The van der Waals surface area contributed by atoms with Crippen LogP contribution in [0.5, 0.6) is 0 Å². The number of fused-ring (bicyclic) bond motifs is 1. The van der Waals surface area contributed by atoms with E-state index in [1.807, 2.05) is 12.1 Å². The van der Waals surface area contributed by atoms with Crippen molar-refractivity contribution in [3.05, 3.63) is 28.2 Å². The maximum absolute atomic E-state index is 11.2. The van der Waals surface area contributed by atoms with E-state index < -0.39 is 5.97 Å². The summed E-state index contributed by atoms with van der Waals surface area (Å²) < 4.78 is 0.849. The van der Waals surface area contributed by atoms with Gasteiger partial charge in [0.05, 0.1) is 5.56 Å². The summed E-state index contributed by atoms with van der Waals surface area (Å²) in [6, 6.07) is 6.14. The highest BCUT2D eigenvalue weighted by Crippen LogP contribution is 2.39. The first-order chi connectivity index (χ1) is 9.15. The number of carboxylic acids is 1. The predicted molar refractivity (Wildman–Crippen MR) is 78.8 cm³/mol. The van der Waals surface area contributed by atoms with Crippen molar-refractivity contribution in [2.24, 2.45) is 5.92 Å². The van der Waals surface area contributed by atoms with Gasteiger partial charge < -0.3 is 10.0 Å². The van der Waals surface area contributed by atoms with Crippen LogP contribution in [0.15, 0.2) is 22.7 Å². The molecule has 1 aromatic carbocycles. The van der Waals surface area contributed by atoms with Crippen molar-refractivity contribution in [3.63, 3.8) is 0 Å². The van der Waals surface area contributed by atoms with Crippen LogP contribution in [0.25, 0.3) is 0 Å². The molecule has 1 saturated heterocycles. The lowest BCUT2D eigenvalue weighted by Crippen LogP contribution is -2.34. The van der Waals surface area contributed by atoms with Crippen LogP contribution in [0, 0.1) is 5.92 Å². The number of aromatic carboxylic acids is 1. The van der Waals surface area contributed by atoms with Gasteiger partial charge in [0.15, 0.2) is 0 Å². The summed E-state index contributed by atoms with van der Waals surface area (Å²) in [5, 5.41) is 9.17. The minimum atomic E-state index is -0.859. The Hall–Kier alpha value is -1.03. The number of anilines is 1. The van der Waals surface area contributed by atoms with Crippen molar-refractivity contribution >= 4 is 27.6 Å². The Kier molecular flexibility index (Phi) is 3.52. The molecule has 3 rings (SSSR count). The van der Waals surface area contributed by atoms with Gasteiger partial charge in [0.25, 0.3) is 0 Å². The van der Waals surface area contributed by atoms with Crippen LogP contribution in [0.1, 0.15) is 42.5 Å². The van der Waals surface area contributed by atoms with Gasteiger partial charge in [0.1, 0.15) is 0 Å². The Morgan fingerprint density at radius 3 is 2.79 bits per heavy atom. The van der Waals surface area contributed by atoms with Gasteiger partial charge in [0.2, 0.25) is 0 Å². The summed E-state index contributed by atoms with van der Waals surface area (Å²) in [6.07, 6.45) is 6.49. The fourth-order valence-corrected chi connectivity index (χ4v) is 4.07. The second-order valence-electron chi connectivity index (χ2n) is 5.60. The Morgan fingerprint density at radius 1 is 1.21 bits per heavy atom. The van der Waals surface area contributed by atoms with Gasteiger partial charge in [-0.3, -0.25) is 0 Å². The maximum Gasteiger partial charge on any atom is 0.335 e. The molecule has 2 aliphatic rings. The van der Waals surface area contributed by atoms with Gasteiger partial charge in [-0.15, -0.1) is 0 Å². The molecule has 0 amide bonds. The van der Waals surface area contributed by atoms with E-state index >= 15 is 0 Å². The number of halogens is 1. The molecule has 4 heteroatoms. The van der Waals surface area contributed by atoms with Crippen molar-refractivity contribution in [1.29, 1.82) is 0 Å². The van der Waals surface area contributed by atoms with Crippen molar-refractivity contribution < 1.29 is 9.90 Å². The van der Waals surface area contributed by atoms with Crippen molar-refractivity contribution in [3.8, 4) is 0 Å². The minimum Gasteiger partial charge on any atom is -0.478 e. The van der Waals surface area contributed by atoms with E-state index in [0.717, 1.165) is 22.6 Å². The van der Waals surface area contributed by atoms with E-state index in [-0.39, 0.29) is 0 Å². The average Bonchev–Trinajstić information content (AvgIpc) is 2.81. The molecule has 1 heterocycles. The summed E-state index contributed by atoms with van der Waals surface area (Å²) in [4.78, 5) is 13.6. The number of rotatable bonds is 2. The van der Waals surface area contributed by atoms with E-state index in [1.165, 1.54) is 32.1 Å². The lowest BCUT2D eigenvalue weighted by Gasteiger charge is -2.33. The molecule has 1 aliphatic carbocycles. The van der Waals surface area contributed by atoms with E-state index in [4.69, 9.17) is 5.11 Å². The minimum absolute atomic E-state index is 0.364. The second kappa shape index (κ2) is 5.16. The molecule has 0 bridgehead atoms. The summed E-state index contributed by atoms with van der Waals surface area (Å²) in [5.74, 6) is -0.0528. The summed E-state index contributed by atoms with van der Waals surface area (Å²) in [7, 11) is 0.